The summed E-state index contributed by atoms with van der Waals surface area (Å²) in [5.74, 6) is 0. The maximum atomic E-state index is 12.4. The van der Waals surface area contributed by atoms with Crippen LogP contribution in [0, 0.1) is 0 Å². The monoisotopic (exact) mass is 347 g/mol. The first kappa shape index (κ1) is 20.7. The van der Waals surface area contributed by atoms with Crippen LogP contribution in [0.2, 0.25) is 0 Å². The minimum absolute atomic E-state index is 0.0786. The average molecular weight is 347 g/mol. The molecule has 0 radical (unpaired) electrons. The zero-order valence-corrected chi connectivity index (χ0v) is 15.2. The summed E-state index contributed by atoms with van der Waals surface area (Å²) in [6.07, 6.45) is 13.2. The van der Waals surface area contributed by atoms with Crippen molar-refractivity contribution in [3.8, 4) is 0 Å². The van der Waals surface area contributed by atoms with Gasteiger partial charge in [-0.3, -0.25) is 0 Å². The van der Waals surface area contributed by atoms with Gasteiger partial charge < -0.3 is 0 Å². The summed E-state index contributed by atoms with van der Waals surface area (Å²) in [4.78, 5) is 37.1. The Labute approximate surface area is 148 Å². The van der Waals surface area contributed by atoms with Crippen LogP contribution in [-0.4, -0.2) is 13.7 Å². The van der Waals surface area contributed by atoms with Crippen LogP contribution < -0.4 is 17.1 Å². The molecule has 0 fully saturated rings. The van der Waals surface area contributed by atoms with Gasteiger partial charge in [-0.05, 0) is 25.7 Å². The molecule has 0 bridgehead atoms. The molecule has 1 aromatic heterocycles. The number of hydrogen-bond acceptors (Lipinski definition) is 3. The van der Waals surface area contributed by atoms with Crippen molar-refractivity contribution < 1.29 is 0 Å². The van der Waals surface area contributed by atoms with E-state index in [9.17, 15) is 14.4 Å². The molecule has 1 rings (SSSR count). The minimum Gasteiger partial charge on any atom is -0.247 e. The van der Waals surface area contributed by atoms with Gasteiger partial charge in [0, 0.05) is 6.54 Å². The quantitative estimate of drug-likeness (QED) is 0.431. The highest BCUT2D eigenvalue weighted by Gasteiger charge is 2.13. The molecule has 0 saturated carbocycles. The lowest BCUT2D eigenvalue weighted by Gasteiger charge is -2.11. The van der Waals surface area contributed by atoms with Gasteiger partial charge in [-0.15, -0.1) is 13.2 Å². The van der Waals surface area contributed by atoms with Gasteiger partial charge in [-0.1, -0.05) is 44.1 Å². The number of hydrogen-bond donors (Lipinski definition) is 0. The summed E-state index contributed by atoms with van der Waals surface area (Å²) in [6.45, 7) is 9.74. The highest BCUT2D eigenvalue weighted by molar-refractivity contribution is 4.85. The first-order valence-electron chi connectivity index (χ1n) is 8.89. The fourth-order valence-corrected chi connectivity index (χ4v) is 2.53. The molecular formula is C19H29N3O3. The molecule has 1 heterocycles. The van der Waals surface area contributed by atoms with Crippen molar-refractivity contribution in [3.05, 3.63) is 68.9 Å². The Hall–Kier alpha value is -2.37. The molecule has 0 unspecified atom stereocenters. The van der Waals surface area contributed by atoms with Crippen molar-refractivity contribution in [1.82, 2.24) is 13.7 Å². The van der Waals surface area contributed by atoms with Crippen LogP contribution in [0.25, 0.3) is 0 Å². The molecular weight excluding hydrogens is 318 g/mol. The van der Waals surface area contributed by atoms with Crippen LogP contribution >= 0.6 is 0 Å². The first-order valence-corrected chi connectivity index (χ1v) is 8.89. The molecule has 0 N–H and O–H groups in total. The van der Waals surface area contributed by atoms with Gasteiger partial charge in [0.2, 0.25) is 0 Å². The van der Waals surface area contributed by atoms with Crippen molar-refractivity contribution in [3.63, 3.8) is 0 Å². The smallest absolute Gasteiger partial charge is 0.247 e. The standard InChI is InChI=1S/C19H29N3O3/c1-4-7-8-9-10-11-12-13-16-22-18(24)20(14-5-2)17(23)21(15-6-3)19(22)25/h5-6,9-10H,2-4,7-8,11-16H2,1H3/b10-9+. The number of nitrogens with zero attached hydrogens (tertiary/aromatic N) is 3. The SMILES string of the molecule is C=CCn1c(=O)n(CC=C)c(=O)n(CCCC/C=C/CCCC)c1=O. The maximum absolute atomic E-state index is 12.4. The van der Waals surface area contributed by atoms with Crippen LogP contribution in [0.5, 0.6) is 0 Å². The van der Waals surface area contributed by atoms with E-state index in [1.165, 1.54) is 25.0 Å². The zero-order chi connectivity index (χ0) is 18.7. The van der Waals surface area contributed by atoms with E-state index in [0.29, 0.717) is 13.0 Å². The van der Waals surface area contributed by atoms with Gasteiger partial charge in [-0.25, -0.2) is 28.1 Å². The maximum Gasteiger partial charge on any atom is 0.336 e. The first-order chi connectivity index (χ1) is 12.1. The van der Waals surface area contributed by atoms with Crippen LogP contribution in [0.1, 0.15) is 45.4 Å². The Morgan fingerprint density at radius 1 is 0.760 bits per heavy atom. The van der Waals surface area contributed by atoms with E-state index in [4.69, 9.17) is 0 Å². The fourth-order valence-electron chi connectivity index (χ4n) is 2.53. The molecule has 25 heavy (non-hydrogen) atoms. The van der Waals surface area contributed by atoms with E-state index >= 15 is 0 Å². The number of rotatable bonds is 12. The Bertz CT molecular complexity index is 717. The van der Waals surface area contributed by atoms with Gasteiger partial charge in [0.05, 0.1) is 13.1 Å². The van der Waals surface area contributed by atoms with Gasteiger partial charge in [0.15, 0.2) is 0 Å². The third-order valence-corrected chi connectivity index (χ3v) is 3.90. The van der Waals surface area contributed by atoms with E-state index in [1.807, 2.05) is 0 Å². The van der Waals surface area contributed by atoms with E-state index in [2.05, 4.69) is 32.2 Å². The van der Waals surface area contributed by atoms with Crippen LogP contribution in [-0.2, 0) is 19.6 Å². The number of aromatic nitrogens is 3. The average Bonchev–Trinajstić information content (AvgIpc) is 2.60. The third kappa shape index (κ3) is 5.89. The molecule has 1 aromatic rings. The van der Waals surface area contributed by atoms with Crippen molar-refractivity contribution in [2.75, 3.05) is 0 Å². The highest BCUT2D eigenvalue weighted by Crippen LogP contribution is 2.01. The minimum atomic E-state index is -0.620. The predicted octanol–water partition coefficient (Wildman–Crippen LogP) is 2.46. The van der Waals surface area contributed by atoms with E-state index in [0.717, 1.165) is 33.0 Å². The largest absolute Gasteiger partial charge is 0.336 e. The summed E-state index contributed by atoms with van der Waals surface area (Å²) < 4.78 is 3.19. The highest BCUT2D eigenvalue weighted by atomic mass is 16.2. The Morgan fingerprint density at radius 2 is 1.24 bits per heavy atom. The summed E-state index contributed by atoms with van der Waals surface area (Å²) in [5, 5.41) is 0. The second kappa shape index (κ2) is 11.2. The van der Waals surface area contributed by atoms with Crippen molar-refractivity contribution in [2.24, 2.45) is 0 Å². The lowest BCUT2D eigenvalue weighted by atomic mass is 10.2. The summed E-state index contributed by atoms with van der Waals surface area (Å²) in [5.41, 5.74) is -1.77. The second-order valence-corrected chi connectivity index (χ2v) is 5.91. The molecule has 6 heteroatoms. The lowest BCUT2D eigenvalue weighted by Crippen LogP contribution is -2.54. The summed E-state index contributed by atoms with van der Waals surface area (Å²) in [7, 11) is 0. The summed E-state index contributed by atoms with van der Waals surface area (Å²) >= 11 is 0. The van der Waals surface area contributed by atoms with Crippen LogP contribution in [0.15, 0.2) is 51.8 Å². The molecule has 0 atom stereocenters. The van der Waals surface area contributed by atoms with Gasteiger partial charge >= 0.3 is 17.1 Å². The molecule has 0 aliphatic heterocycles. The molecule has 0 saturated heterocycles. The topological polar surface area (TPSA) is 66.0 Å². The van der Waals surface area contributed by atoms with E-state index < -0.39 is 17.1 Å². The molecule has 138 valence electrons. The Balaban J connectivity index is 2.88. The Kier molecular flexibility index (Phi) is 9.29. The molecule has 0 aliphatic carbocycles. The van der Waals surface area contributed by atoms with Gasteiger partial charge in [0.1, 0.15) is 0 Å². The van der Waals surface area contributed by atoms with Crippen molar-refractivity contribution in [1.29, 1.82) is 0 Å². The molecule has 0 spiro atoms. The third-order valence-electron chi connectivity index (χ3n) is 3.90. The van der Waals surface area contributed by atoms with E-state index in [1.54, 1.807) is 0 Å². The molecule has 6 nitrogen and oxygen atoms in total. The second-order valence-electron chi connectivity index (χ2n) is 5.91. The van der Waals surface area contributed by atoms with Crippen molar-refractivity contribution >= 4 is 0 Å². The number of unbranched alkanes of at least 4 members (excludes halogenated alkanes) is 4. The molecule has 0 aliphatic rings. The molecule has 0 amide bonds. The fraction of sp³-hybridized carbons (Fsp3) is 0.526. The van der Waals surface area contributed by atoms with Crippen LogP contribution in [0.3, 0.4) is 0 Å². The predicted molar refractivity (Wildman–Crippen MR) is 102 cm³/mol. The number of allylic oxidation sites excluding steroid dienone is 4. The Morgan fingerprint density at radius 3 is 1.72 bits per heavy atom. The van der Waals surface area contributed by atoms with Crippen LogP contribution in [0.4, 0.5) is 0 Å². The molecule has 0 aromatic carbocycles. The van der Waals surface area contributed by atoms with Gasteiger partial charge in [-0.2, -0.15) is 0 Å². The van der Waals surface area contributed by atoms with E-state index in [-0.39, 0.29) is 13.1 Å². The normalized spacial score (nSPS) is 11.1. The lowest BCUT2D eigenvalue weighted by molar-refractivity contribution is 0.464. The summed E-state index contributed by atoms with van der Waals surface area (Å²) in [6, 6.07) is 0. The zero-order valence-electron chi connectivity index (χ0n) is 15.2. The van der Waals surface area contributed by atoms with Gasteiger partial charge in [0.25, 0.3) is 0 Å². The van der Waals surface area contributed by atoms with Crippen molar-refractivity contribution in [2.45, 2.75) is 65.1 Å².